The highest BCUT2D eigenvalue weighted by Crippen LogP contribution is 2.21. The molecule has 4 heteroatoms. The van der Waals surface area contributed by atoms with Gasteiger partial charge in [0.05, 0.1) is 0 Å². The van der Waals surface area contributed by atoms with Crippen LogP contribution in [-0.2, 0) is 11.3 Å². The lowest BCUT2D eigenvalue weighted by Crippen LogP contribution is -2.25. The molecule has 0 bridgehead atoms. The van der Waals surface area contributed by atoms with Gasteiger partial charge in [-0.3, -0.25) is 0 Å². The van der Waals surface area contributed by atoms with Crippen LogP contribution in [0.5, 0.6) is 0 Å². The summed E-state index contributed by atoms with van der Waals surface area (Å²) in [6, 6.07) is 0. The van der Waals surface area contributed by atoms with E-state index in [2.05, 4.69) is 42.6 Å². The molecule has 0 aliphatic carbocycles. The molecule has 1 rings (SSSR count). The molecule has 0 amide bonds. The van der Waals surface area contributed by atoms with Crippen molar-refractivity contribution in [3.05, 3.63) is 12.4 Å². The van der Waals surface area contributed by atoms with Crippen molar-refractivity contribution in [3.63, 3.8) is 0 Å². The molecular formula is C16H31N3O. The predicted octanol–water partition coefficient (Wildman–Crippen LogP) is 3.65. The quantitative estimate of drug-likeness (QED) is 0.665. The SMILES string of the molecule is CCOCCCn1ccnc1NCC(C(C)C)C(C)C. The fraction of sp³-hybridized carbons (Fsp3) is 0.812. The molecule has 1 aromatic heterocycles. The normalized spacial score (nSPS) is 11.8. The molecule has 0 atom stereocenters. The maximum atomic E-state index is 5.38. The van der Waals surface area contributed by atoms with Crippen LogP contribution in [0.3, 0.4) is 0 Å². The maximum absolute atomic E-state index is 5.38. The highest BCUT2D eigenvalue weighted by atomic mass is 16.5. The molecular weight excluding hydrogens is 250 g/mol. The van der Waals surface area contributed by atoms with Crippen molar-refractivity contribution in [2.45, 2.75) is 47.6 Å². The number of anilines is 1. The summed E-state index contributed by atoms with van der Waals surface area (Å²) in [4.78, 5) is 4.42. The van der Waals surface area contributed by atoms with Gasteiger partial charge in [0.1, 0.15) is 0 Å². The first-order chi connectivity index (χ1) is 9.56. The van der Waals surface area contributed by atoms with Gasteiger partial charge in [-0.25, -0.2) is 4.98 Å². The van der Waals surface area contributed by atoms with Crippen molar-refractivity contribution in [2.24, 2.45) is 17.8 Å². The van der Waals surface area contributed by atoms with Gasteiger partial charge in [-0.1, -0.05) is 27.7 Å². The Bertz CT molecular complexity index is 352. The zero-order valence-corrected chi connectivity index (χ0v) is 13.7. The van der Waals surface area contributed by atoms with Crippen molar-refractivity contribution >= 4 is 5.95 Å². The van der Waals surface area contributed by atoms with E-state index in [1.807, 2.05) is 19.3 Å². The highest BCUT2D eigenvalue weighted by Gasteiger charge is 2.17. The Balaban J connectivity index is 2.45. The van der Waals surface area contributed by atoms with E-state index in [-0.39, 0.29) is 0 Å². The second-order valence-electron chi connectivity index (χ2n) is 6.03. The van der Waals surface area contributed by atoms with Crippen LogP contribution >= 0.6 is 0 Å². The van der Waals surface area contributed by atoms with Gasteiger partial charge in [-0.15, -0.1) is 0 Å². The average molecular weight is 281 g/mol. The van der Waals surface area contributed by atoms with E-state index in [1.54, 1.807) is 0 Å². The average Bonchev–Trinajstić information content (AvgIpc) is 2.82. The van der Waals surface area contributed by atoms with E-state index in [0.717, 1.165) is 38.7 Å². The summed E-state index contributed by atoms with van der Waals surface area (Å²) in [6.45, 7) is 14.7. The predicted molar refractivity (Wildman–Crippen MR) is 85.0 cm³/mol. The molecule has 1 heterocycles. The number of hydrogen-bond donors (Lipinski definition) is 1. The van der Waals surface area contributed by atoms with Crippen LogP contribution in [-0.4, -0.2) is 29.3 Å². The van der Waals surface area contributed by atoms with Crippen LogP contribution in [0.1, 0.15) is 41.0 Å². The molecule has 0 unspecified atom stereocenters. The third-order valence-electron chi connectivity index (χ3n) is 3.82. The van der Waals surface area contributed by atoms with E-state index in [1.165, 1.54) is 0 Å². The summed E-state index contributed by atoms with van der Waals surface area (Å²) in [6.07, 6.45) is 4.92. The third-order valence-corrected chi connectivity index (χ3v) is 3.82. The zero-order valence-electron chi connectivity index (χ0n) is 13.7. The number of imidazole rings is 1. The van der Waals surface area contributed by atoms with Crippen LogP contribution in [0.25, 0.3) is 0 Å². The number of rotatable bonds is 10. The minimum Gasteiger partial charge on any atom is -0.382 e. The molecule has 20 heavy (non-hydrogen) atoms. The van der Waals surface area contributed by atoms with E-state index < -0.39 is 0 Å². The molecule has 0 aromatic carbocycles. The number of aromatic nitrogens is 2. The highest BCUT2D eigenvalue weighted by molar-refractivity contribution is 5.25. The molecule has 0 radical (unpaired) electrons. The summed E-state index contributed by atoms with van der Waals surface area (Å²) in [5.74, 6) is 3.02. The molecule has 116 valence electrons. The summed E-state index contributed by atoms with van der Waals surface area (Å²) < 4.78 is 7.56. The number of nitrogens with one attached hydrogen (secondary N) is 1. The Hall–Kier alpha value is -1.03. The van der Waals surface area contributed by atoms with Crippen molar-refractivity contribution in [3.8, 4) is 0 Å². The minimum absolute atomic E-state index is 0.670. The van der Waals surface area contributed by atoms with Gasteiger partial charge in [-0.2, -0.15) is 0 Å². The summed E-state index contributed by atoms with van der Waals surface area (Å²) in [5.41, 5.74) is 0. The molecule has 0 saturated carbocycles. The second-order valence-corrected chi connectivity index (χ2v) is 6.03. The molecule has 0 aliphatic rings. The van der Waals surface area contributed by atoms with E-state index in [0.29, 0.717) is 17.8 Å². The van der Waals surface area contributed by atoms with Gasteiger partial charge in [0.2, 0.25) is 5.95 Å². The van der Waals surface area contributed by atoms with Crippen LogP contribution in [0, 0.1) is 17.8 Å². The molecule has 4 nitrogen and oxygen atoms in total. The van der Waals surface area contributed by atoms with Crippen molar-refractivity contribution in [2.75, 3.05) is 25.1 Å². The lowest BCUT2D eigenvalue weighted by molar-refractivity contribution is 0.142. The minimum atomic E-state index is 0.670. The second kappa shape index (κ2) is 9.01. The summed E-state index contributed by atoms with van der Waals surface area (Å²) in [5, 5.41) is 3.51. The Morgan fingerprint density at radius 2 is 1.95 bits per heavy atom. The van der Waals surface area contributed by atoms with Gasteiger partial charge >= 0.3 is 0 Å². The third kappa shape index (κ3) is 5.53. The fourth-order valence-corrected chi connectivity index (χ4v) is 2.59. The monoisotopic (exact) mass is 281 g/mol. The zero-order chi connectivity index (χ0) is 15.0. The number of ether oxygens (including phenoxy) is 1. The number of aryl methyl sites for hydroxylation is 1. The van der Waals surface area contributed by atoms with Crippen LogP contribution in [0.2, 0.25) is 0 Å². The Labute approximate surface area is 123 Å². The molecule has 1 N–H and O–H groups in total. The van der Waals surface area contributed by atoms with E-state index in [4.69, 9.17) is 4.74 Å². The van der Waals surface area contributed by atoms with Gasteiger partial charge in [0.25, 0.3) is 0 Å². The number of hydrogen-bond acceptors (Lipinski definition) is 3. The molecule has 0 spiro atoms. The largest absolute Gasteiger partial charge is 0.382 e. The Morgan fingerprint density at radius 1 is 1.25 bits per heavy atom. The van der Waals surface area contributed by atoms with Crippen molar-refractivity contribution in [1.29, 1.82) is 0 Å². The van der Waals surface area contributed by atoms with Gasteiger partial charge in [0.15, 0.2) is 0 Å². The maximum Gasteiger partial charge on any atom is 0.202 e. The van der Waals surface area contributed by atoms with Crippen LogP contribution < -0.4 is 5.32 Å². The van der Waals surface area contributed by atoms with Crippen LogP contribution in [0.4, 0.5) is 5.95 Å². The van der Waals surface area contributed by atoms with Crippen molar-refractivity contribution in [1.82, 2.24) is 9.55 Å². The van der Waals surface area contributed by atoms with Crippen molar-refractivity contribution < 1.29 is 4.74 Å². The first kappa shape index (κ1) is 17.0. The molecule has 0 aliphatic heterocycles. The van der Waals surface area contributed by atoms with E-state index >= 15 is 0 Å². The first-order valence-electron chi connectivity index (χ1n) is 7.89. The molecule has 0 saturated heterocycles. The molecule has 0 fully saturated rings. The molecule has 1 aromatic rings. The van der Waals surface area contributed by atoms with Crippen LogP contribution in [0.15, 0.2) is 12.4 Å². The standard InChI is InChI=1S/C16H31N3O/c1-6-20-11-7-9-19-10-8-17-16(19)18-12-15(13(2)3)14(4)5/h8,10,13-15H,6-7,9,11-12H2,1-5H3,(H,17,18). The lowest BCUT2D eigenvalue weighted by atomic mass is 9.85. The number of nitrogens with zero attached hydrogens (tertiary/aromatic N) is 2. The fourth-order valence-electron chi connectivity index (χ4n) is 2.59. The van der Waals surface area contributed by atoms with E-state index in [9.17, 15) is 0 Å². The summed E-state index contributed by atoms with van der Waals surface area (Å²) in [7, 11) is 0. The first-order valence-corrected chi connectivity index (χ1v) is 7.89. The Kier molecular flexibility index (Phi) is 7.67. The van der Waals surface area contributed by atoms with Gasteiger partial charge < -0.3 is 14.6 Å². The smallest absolute Gasteiger partial charge is 0.202 e. The lowest BCUT2D eigenvalue weighted by Gasteiger charge is -2.25. The van der Waals surface area contributed by atoms with Gasteiger partial charge in [-0.05, 0) is 31.1 Å². The Morgan fingerprint density at radius 3 is 2.55 bits per heavy atom. The topological polar surface area (TPSA) is 39.1 Å². The summed E-state index contributed by atoms with van der Waals surface area (Å²) >= 11 is 0. The van der Waals surface area contributed by atoms with Gasteiger partial charge in [0, 0.05) is 38.7 Å².